The van der Waals surface area contributed by atoms with Gasteiger partial charge in [0, 0.05) is 18.6 Å². The van der Waals surface area contributed by atoms with E-state index < -0.39 is 12.0 Å². The van der Waals surface area contributed by atoms with E-state index in [2.05, 4.69) is 31.2 Å². The molecule has 1 aromatic heterocycles. The molecule has 27 heavy (non-hydrogen) atoms. The second kappa shape index (κ2) is 6.12. The summed E-state index contributed by atoms with van der Waals surface area (Å²) in [7, 11) is 1.72. The van der Waals surface area contributed by atoms with E-state index in [9.17, 15) is 14.7 Å². The summed E-state index contributed by atoms with van der Waals surface area (Å²) in [6.07, 6.45) is 1.08. The van der Waals surface area contributed by atoms with Gasteiger partial charge in [0.05, 0.1) is 12.1 Å². The minimum atomic E-state index is -1.09. The molecule has 3 N–H and O–H groups in total. The molecule has 3 aliphatic heterocycles. The van der Waals surface area contributed by atoms with E-state index in [1.807, 2.05) is 0 Å². The molecule has 1 aliphatic carbocycles. The number of rotatable bonds is 5. The fourth-order valence-electron chi connectivity index (χ4n) is 3.38. The first-order valence-corrected chi connectivity index (χ1v) is 10.4. The molecule has 4 aliphatic rings. The van der Waals surface area contributed by atoms with Crippen molar-refractivity contribution in [3.8, 4) is 0 Å². The van der Waals surface area contributed by atoms with Crippen LogP contribution < -0.4 is 10.6 Å². The molecule has 11 nitrogen and oxygen atoms in total. The smallest absolute Gasteiger partial charge is 0.352 e. The van der Waals surface area contributed by atoms with Gasteiger partial charge in [0.25, 0.3) is 5.91 Å². The molecule has 3 fully saturated rings. The molecule has 4 heterocycles. The van der Waals surface area contributed by atoms with E-state index in [4.69, 9.17) is 0 Å². The fourth-order valence-corrected chi connectivity index (χ4v) is 5.69. The third-order valence-electron chi connectivity index (χ3n) is 4.88. The molecule has 1 saturated carbocycles. The highest BCUT2D eigenvalue weighted by Crippen LogP contribution is 2.43. The Bertz CT molecular complexity index is 887. The van der Waals surface area contributed by atoms with Gasteiger partial charge in [-0.05, 0) is 22.4 Å². The van der Waals surface area contributed by atoms with Crippen molar-refractivity contribution in [2.75, 3.05) is 11.5 Å². The van der Waals surface area contributed by atoms with E-state index in [0.717, 1.165) is 6.42 Å². The van der Waals surface area contributed by atoms with Gasteiger partial charge in [0.1, 0.15) is 11.1 Å². The van der Waals surface area contributed by atoms with Gasteiger partial charge < -0.3 is 15.7 Å². The number of carboxylic acid groups (broad SMARTS) is 1. The van der Waals surface area contributed by atoms with Crippen molar-refractivity contribution < 1.29 is 14.7 Å². The Labute approximate surface area is 162 Å². The molecule has 0 radical (unpaired) electrons. The van der Waals surface area contributed by atoms with Gasteiger partial charge in [-0.1, -0.05) is 11.8 Å². The maximum absolute atomic E-state index is 12.6. The summed E-state index contributed by atoms with van der Waals surface area (Å²) in [6, 6.07) is 0.290. The molecule has 0 aromatic carbocycles. The summed E-state index contributed by atoms with van der Waals surface area (Å²) in [6.45, 7) is 0. The Kier molecular flexibility index (Phi) is 3.82. The number of thioether (sulfide) groups is 2. The quantitative estimate of drug-likeness (QED) is 0.394. The van der Waals surface area contributed by atoms with Crippen LogP contribution >= 0.6 is 23.5 Å². The number of β-lactam (4-membered cyclic amide) rings is 1. The van der Waals surface area contributed by atoms with Crippen molar-refractivity contribution in [2.24, 2.45) is 12.0 Å². The van der Waals surface area contributed by atoms with Crippen molar-refractivity contribution in [2.45, 2.75) is 35.1 Å². The Balaban J connectivity index is 1.34. The normalized spacial score (nSPS) is 30.9. The Morgan fingerprint density at radius 3 is 2.89 bits per heavy atom. The molecule has 3 unspecified atom stereocenters. The number of nitrogens with one attached hydrogen (secondary N) is 2. The summed E-state index contributed by atoms with van der Waals surface area (Å²) in [5, 5.41) is 27.7. The molecular formula is C14H16N8O3S2. The van der Waals surface area contributed by atoms with Gasteiger partial charge in [-0.25, -0.2) is 14.5 Å². The largest absolute Gasteiger partial charge is 0.477 e. The summed E-state index contributed by atoms with van der Waals surface area (Å²) >= 11 is 2.89. The number of aromatic nitrogens is 4. The van der Waals surface area contributed by atoms with Gasteiger partial charge in [0.15, 0.2) is 12.0 Å². The molecule has 0 bridgehead atoms. The number of carbonyl (C=O) groups is 2. The summed E-state index contributed by atoms with van der Waals surface area (Å²) < 4.78 is 1.53. The number of amides is 1. The van der Waals surface area contributed by atoms with Crippen LogP contribution in [0.1, 0.15) is 6.42 Å². The van der Waals surface area contributed by atoms with Crippen molar-refractivity contribution in [1.82, 2.24) is 35.7 Å². The highest BCUT2D eigenvalue weighted by Gasteiger charge is 2.54. The Hall–Kier alpha value is -2.28. The lowest BCUT2D eigenvalue weighted by Gasteiger charge is -2.47. The van der Waals surface area contributed by atoms with Crippen LogP contribution in [0, 0.1) is 0 Å². The monoisotopic (exact) mass is 408 g/mol. The minimum Gasteiger partial charge on any atom is -0.477 e. The van der Waals surface area contributed by atoms with Crippen LogP contribution in [0.4, 0.5) is 0 Å². The van der Waals surface area contributed by atoms with Crippen LogP contribution in [0.15, 0.2) is 21.4 Å². The predicted octanol–water partition coefficient (Wildman–Crippen LogP) is -1.39. The number of hydrogen-bond acceptors (Lipinski definition) is 8. The second-order valence-electron chi connectivity index (χ2n) is 6.70. The van der Waals surface area contributed by atoms with Crippen LogP contribution in [0.2, 0.25) is 0 Å². The van der Waals surface area contributed by atoms with E-state index >= 15 is 0 Å². The molecule has 4 atom stereocenters. The molecule has 13 heteroatoms. The number of fused-ring (bicyclic) bond motifs is 2. The standard InChI is InChI=1S/C14H16N8O3S2/c1-21-14(18-19-20-21)27-4-5-3-26-11-8(10(23)22(11)9(5)12(24)25)17-13-15-6-2-7(6)16-13/h6-8,11H,2-4H2,1H3,(H,24,25)(H2,15,16,17)/t6?,7?,8?,11-/m0/s1. The number of carbonyl (C=O) groups excluding carboxylic acids is 1. The number of hydrogen-bond donors (Lipinski definition) is 3. The van der Waals surface area contributed by atoms with Crippen LogP contribution in [-0.4, -0.2) is 83.1 Å². The maximum Gasteiger partial charge on any atom is 0.352 e. The third-order valence-corrected chi connectivity index (χ3v) is 7.30. The molecule has 1 amide bonds. The number of guanidine groups is 1. The first-order valence-electron chi connectivity index (χ1n) is 8.39. The lowest BCUT2D eigenvalue weighted by Crippen LogP contribution is -2.64. The van der Waals surface area contributed by atoms with Crippen LogP contribution in [-0.2, 0) is 16.6 Å². The Morgan fingerprint density at radius 1 is 1.44 bits per heavy atom. The molecule has 0 spiro atoms. The van der Waals surface area contributed by atoms with Crippen molar-refractivity contribution in [3.63, 3.8) is 0 Å². The van der Waals surface area contributed by atoms with Gasteiger partial charge >= 0.3 is 5.97 Å². The molecular weight excluding hydrogens is 392 g/mol. The van der Waals surface area contributed by atoms with Crippen LogP contribution in [0.25, 0.3) is 0 Å². The zero-order valence-corrected chi connectivity index (χ0v) is 15.8. The van der Waals surface area contributed by atoms with Gasteiger partial charge in [-0.3, -0.25) is 9.69 Å². The number of nitrogens with zero attached hydrogens (tertiary/aromatic N) is 6. The molecule has 5 rings (SSSR count). The number of carboxylic acids is 1. The maximum atomic E-state index is 12.6. The molecule has 1 aromatic rings. The highest BCUT2D eigenvalue weighted by molar-refractivity contribution is 8.01. The highest BCUT2D eigenvalue weighted by atomic mass is 32.2. The van der Waals surface area contributed by atoms with Crippen molar-refractivity contribution >= 4 is 41.4 Å². The lowest BCUT2D eigenvalue weighted by atomic mass is 10.0. The Morgan fingerprint density at radius 2 is 2.22 bits per heavy atom. The number of tetrazole rings is 1. The van der Waals surface area contributed by atoms with Crippen molar-refractivity contribution in [1.29, 1.82) is 0 Å². The summed E-state index contributed by atoms with van der Waals surface area (Å²) in [5.74, 6) is 0.216. The van der Waals surface area contributed by atoms with E-state index in [0.29, 0.717) is 40.3 Å². The lowest BCUT2D eigenvalue weighted by molar-refractivity contribution is -0.147. The number of aryl methyl sites for hydroxylation is 1. The summed E-state index contributed by atoms with van der Waals surface area (Å²) in [4.78, 5) is 30.3. The van der Waals surface area contributed by atoms with E-state index in [1.165, 1.54) is 21.3 Å². The minimum absolute atomic E-state index is 0.0676. The van der Waals surface area contributed by atoms with Gasteiger partial charge in [-0.15, -0.1) is 16.9 Å². The second-order valence-corrected chi connectivity index (χ2v) is 8.75. The number of aliphatic carboxylic acids is 1. The first kappa shape index (κ1) is 16.9. The average Bonchev–Trinajstić information content (AvgIpc) is 3.05. The zero-order valence-electron chi connectivity index (χ0n) is 14.2. The van der Waals surface area contributed by atoms with Gasteiger partial charge in [-0.2, -0.15) is 0 Å². The molecule has 2 saturated heterocycles. The predicted molar refractivity (Wildman–Crippen MR) is 97.0 cm³/mol. The number of aliphatic imine (C=N–C) groups is 1. The topological polar surface area (TPSA) is 138 Å². The SMILES string of the molecule is Cn1nnnc1SCC1=C(C(=O)O)N2C(=O)C(N=C3NC4CC4N3)[C@@H]2SC1. The fraction of sp³-hybridized carbons (Fsp3) is 0.571. The van der Waals surface area contributed by atoms with Crippen molar-refractivity contribution in [3.05, 3.63) is 11.3 Å². The summed E-state index contributed by atoms with van der Waals surface area (Å²) in [5.41, 5.74) is 0.757. The van der Waals surface area contributed by atoms with E-state index in [1.54, 1.807) is 18.8 Å². The van der Waals surface area contributed by atoms with Crippen LogP contribution in [0.5, 0.6) is 0 Å². The van der Waals surface area contributed by atoms with Gasteiger partial charge in [0.2, 0.25) is 5.16 Å². The van der Waals surface area contributed by atoms with E-state index in [-0.39, 0.29) is 17.0 Å². The molecule has 142 valence electrons. The average molecular weight is 408 g/mol. The zero-order chi connectivity index (χ0) is 18.7. The van der Waals surface area contributed by atoms with Crippen LogP contribution in [0.3, 0.4) is 0 Å². The third kappa shape index (κ3) is 2.76. The first-order chi connectivity index (χ1) is 13.0.